The Kier molecular flexibility index (Phi) is 14.8. The summed E-state index contributed by atoms with van der Waals surface area (Å²) in [6.45, 7) is 2.29. The predicted molar refractivity (Wildman–Crippen MR) is 116 cm³/mol. The van der Waals surface area contributed by atoms with Crippen LogP contribution in [0.25, 0.3) is 0 Å². The molecule has 1 rings (SSSR count). The summed E-state index contributed by atoms with van der Waals surface area (Å²) in [5.74, 6) is 0.307. The minimum absolute atomic E-state index is 0.307. The third kappa shape index (κ3) is 13.8. The van der Waals surface area contributed by atoms with Gasteiger partial charge in [-0.2, -0.15) is 0 Å². The second-order valence-corrected chi connectivity index (χ2v) is 7.48. The number of unbranched alkanes of at least 4 members (excludes halogenated alkanes) is 14. The van der Waals surface area contributed by atoms with E-state index in [1.807, 2.05) is 18.3 Å². The third-order valence-corrected chi connectivity index (χ3v) is 4.96. The van der Waals surface area contributed by atoms with E-state index in [0.29, 0.717) is 5.75 Å². The van der Waals surface area contributed by atoms with Gasteiger partial charge in [-0.15, -0.1) is 0 Å². The van der Waals surface area contributed by atoms with Crippen molar-refractivity contribution in [3.05, 3.63) is 36.5 Å². The first kappa shape index (κ1) is 22.6. The van der Waals surface area contributed by atoms with Crippen LogP contribution in [-0.4, -0.2) is 5.11 Å². The molecular weight excluding hydrogens is 318 g/mol. The van der Waals surface area contributed by atoms with Gasteiger partial charge in [-0.1, -0.05) is 96.5 Å². The second-order valence-electron chi connectivity index (χ2n) is 7.48. The summed E-state index contributed by atoms with van der Waals surface area (Å²) in [6.07, 6.45) is 25.1. The van der Waals surface area contributed by atoms with Crippen molar-refractivity contribution >= 4 is 5.69 Å². The zero-order valence-corrected chi connectivity index (χ0v) is 17.0. The molecule has 0 aliphatic heterocycles. The van der Waals surface area contributed by atoms with Crippen LogP contribution in [0.1, 0.15) is 103 Å². The van der Waals surface area contributed by atoms with Crippen molar-refractivity contribution in [1.29, 1.82) is 0 Å². The number of phenolic OH excluding ortho intramolecular Hbond substituents is 1. The molecule has 2 heteroatoms. The molecule has 0 atom stereocenters. The Labute approximate surface area is 162 Å². The Hall–Kier alpha value is -1.44. The van der Waals surface area contributed by atoms with Gasteiger partial charge < -0.3 is 10.4 Å². The zero-order valence-electron chi connectivity index (χ0n) is 17.0. The lowest BCUT2D eigenvalue weighted by Gasteiger charge is -2.03. The van der Waals surface area contributed by atoms with Crippen LogP contribution in [-0.2, 0) is 0 Å². The van der Waals surface area contributed by atoms with Gasteiger partial charge in [0.2, 0.25) is 0 Å². The molecular formula is C24H41NO. The van der Waals surface area contributed by atoms with Gasteiger partial charge in [-0.3, -0.25) is 0 Å². The summed E-state index contributed by atoms with van der Waals surface area (Å²) in [5.41, 5.74) is 1.01. The maximum Gasteiger partial charge on any atom is 0.115 e. The maximum atomic E-state index is 9.23. The number of phenols is 1. The van der Waals surface area contributed by atoms with E-state index in [-0.39, 0.29) is 0 Å². The molecule has 0 aliphatic carbocycles. The zero-order chi connectivity index (χ0) is 18.7. The number of nitrogens with one attached hydrogen (secondary N) is 1. The summed E-state index contributed by atoms with van der Waals surface area (Å²) >= 11 is 0. The highest BCUT2D eigenvalue weighted by atomic mass is 16.3. The Morgan fingerprint density at radius 2 is 1.15 bits per heavy atom. The fourth-order valence-electron chi connectivity index (χ4n) is 3.25. The van der Waals surface area contributed by atoms with E-state index >= 15 is 0 Å². The number of anilines is 1. The maximum absolute atomic E-state index is 9.23. The van der Waals surface area contributed by atoms with Gasteiger partial charge in [0.25, 0.3) is 0 Å². The molecule has 0 fully saturated rings. The van der Waals surface area contributed by atoms with Crippen LogP contribution in [0, 0.1) is 0 Å². The smallest absolute Gasteiger partial charge is 0.115 e. The van der Waals surface area contributed by atoms with Crippen LogP contribution in [0.5, 0.6) is 5.75 Å². The van der Waals surface area contributed by atoms with Gasteiger partial charge in [0.1, 0.15) is 5.75 Å². The topological polar surface area (TPSA) is 32.3 Å². The Balaban J connectivity index is 1.78. The van der Waals surface area contributed by atoms with Crippen molar-refractivity contribution in [3.63, 3.8) is 0 Å². The van der Waals surface area contributed by atoms with Crippen LogP contribution in [0.4, 0.5) is 5.69 Å². The molecule has 1 aromatic rings. The summed E-state index contributed by atoms with van der Waals surface area (Å²) in [4.78, 5) is 0. The lowest BCUT2D eigenvalue weighted by molar-refractivity contribution is 0.475. The Morgan fingerprint density at radius 3 is 1.65 bits per heavy atom. The standard InChI is InChI=1S/C24H41NO/c1-2-3-4-5-6-7-8-9-10-11-12-13-14-15-16-17-22-25-23-18-20-24(26)21-19-23/h17-22,25-26H,2-16H2,1H3. The molecule has 0 aliphatic rings. The molecule has 0 bridgehead atoms. The molecule has 2 nitrogen and oxygen atoms in total. The van der Waals surface area contributed by atoms with Crippen molar-refractivity contribution in [2.75, 3.05) is 5.32 Å². The average molecular weight is 360 g/mol. The molecule has 0 aromatic heterocycles. The molecule has 0 heterocycles. The molecule has 2 N–H and O–H groups in total. The van der Waals surface area contributed by atoms with Crippen LogP contribution >= 0.6 is 0 Å². The molecule has 0 radical (unpaired) electrons. The molecule has 0 unspecified atom stereocenters. The fourth-order valence-corrected chi connectivity index (χ4v) is 3.25. The first-order chi connectivity index (χ1) is 12.8. The molecule has 0 amide bonds. The minimum atomic E-state index is 0.307. The normalized spacial score (nSPS) is 11.3. The van der Waals surface area contributed by atoms with Crippen LogP contribution in [0.2, 0.25) is 0 Å². The quantitative estimate of drug-likeness (QED) is 0.217. The summed E-state index contributed by atoms with van der Waals surface area (Å²) < 4.78 is 0. The SMILES string of the molecule is CCCCCCCCCCCCCCCCC=CNc1ccc(O)cc1. The van der Waals surface area contributed by atoms with Crippen molar-refractivity contribution in [3.8, 4) is 5.75 Å². The van der Waals surface area contributed by atoms with Gasteiger partial charge in [-0.05, 0) is 43.3 Å². The van der Waals surface area contributed by atoms with E-state index in [1.54, 1.807) is 12.1 Å². The van der Waals surface area contributed by atoms with E-state index in [2.05, 4.69) is 18.3 Å². The largest absolute Gasteiger partial charge is 0.508 e. The average Bonchev–Trinajstić information content (AvgIpc) is 2.66. The molecule has 148 valence electrons. The number of aromatic hydroxyl groups is 1. The summed E-state index contributed by atoms with van der Waals surface area (Å²) in [7, 11) is 0. The van der Waals surface area contributed by atoms with Crippen LogP contribution in [0.3, 0.4) is 0 Å². The molecule has 26 heavy (non-hydrogen) atoms. The number of hydrogen-bond acceptors (Lipinski definition) is 2. The molecule has 0 saturated heterocycles. The van der Waals surface area contributed by atoms with E-state index in [1.165, 1.54) is 89.9 Å². The van der Waals surface area contributed by atoms with E-state index < -0.39 is 0 Å². The molecule has 0 spiro atoms. The Bertz CT molecular complexity index is 438. The summed E-state index contributed by atoms with van der Waals surface area (Å²) in [6, 6.07) is 7.16. The highest BCUT2D eigenvalue weighted by Gasteiger charge is 1.94. The lowest BCUT2D eigenvalue weighted by atomic mass is 10.0. The van der Waals surface area contributed by atoms with Crippen molar-refractivity contribution in [2.24, 2.45) is 0 Å². The predicted octanol–water partition coefficient (Wildman–Crippen LogP) is 8.19. The van der Waals surface area contributed by atoms with Gasteiger partial charge in [0, 0.05) is 5.69 Å². The van der Waals surface area contributed by atoms with Crippen molar-refractivity contribution in [1.82, 2.24) is 0 Å². The van der Waals surface area contributed by atoms with Gasteiger partial charge in [-0.25, -0.2) is 0 Å². The minimum Gasteiger partial charge on any atom is -0.508 e. The number of allylic oxidation sites excluding steroid dienone is 1. The van der Waals surface area contributed by atoms with Gasteiger partial charge in [0.05, 0.1) is 0 Å². The van der Waals surface area contributed by atoms with E-state index in [9.17, 15) is 5.11 Å². The first-order valence-corrected chi connectivity index (χ1v) is 11.0. The van der Waals surface area contributed by atoms with E-state index in [0.717, 1.165) is 12.1 Å². The van der Waals surface area contributed by atoms with Crippen LogP contribution < -0.4 is 5.32 Å². The highest BCUT2D eigenvalue weighted by molar-refractivity contribution is 5.47. The number of hydrogen-bond donors (Lipinski definition) is 2. The number of benzene rings is 1. The molecule has 0 saturated carbocycles. The molecule has 1 aromatic carbocycles. The first-order valence-electron chi connectivity index (χ1n) is 11.0. The van der Waals surface area contributed by atoms with Crippen molar-refractivity contribution in [2.45, 2.75) is 103 Å². The third-order valence-electron chi connectivity index (χ3n) is 4.96. The van der Waals surface area contributed by atoms with E-state index in [4.69, 9.17) is 0 Å². The van der Waals surface area contributed by atoms with Gasteiger partial charge in [0.15, 0.2) is 0 Å². The van der Waals surface area contributed by atoms with Crippen molar-refractivity contribution < 1.29 is 5.11 Å². The second kappa shape index (κ2) is 17.0. The fraction of sp³-hybridized carbons (Fsp3) is 0.667. The van der Waals surface area contributed by atoms with Crippen LogP contribution in [0.15, 0.2) is 36.5 Å². The Morgan fingerprint density at radius 1 is 0.692 bits per heavy atom. The number of rotatable bonds is 17. The highest BCUT2D eigenvalue weighted by Crippen LogP contribution is 2.15. The van der Waals surface area contributed by atoms with Gasteiger partial charge >= 0.3 is 0 Å². The lowest BCUT2D eigenvalue weighted by Crippen LogP contribution is -1.86. The summed E-state index contributed by atoms with van der Waals surface area (Å²) in [5, 5.41) is 12.5. The monoisotopic (exact) mass is 359 g/mol.